The summed E-state index contributed by atoms with van der Waals surface area (Å²) >= 11 is 5.04. The molecule has 0 radical (unpaired) electrons. The number of carbonyl (C=O) groups is 1. The second kappa shape index (κ2) is 6.35. The van der Waals surface area contributed by atoms with Crippen LogP contribution < -0.4 is 10.6 Å². The third kappa shape index (κ3) is 3.43. The smallest absolute Gasteiger partial charge is 0.325 e. The van der Waals surface area contributed by atoms with Gasteiger partial charge in [0.05, 0.1) is 7.11 Å². The van der Waals surface area contributed by atoms with E-state index in [-0.39, 0.29) is 12.5 Å². The van der Waals surface area contributed by atoms with E-state index in [9.17, 15) is 4.79 Å². The predicted octanol–water partition coefficient (Wildman–Crippen LogP) is 1.63. The Morgan fingerprint density at radius 3 is 2.67 bits per heavy atom. The topological polar surface area (TPSA) is 55.6 Å². The van der Waals surface area contributed by atoms with Crippen molar-refractivity contribution in [2.75, 3.05) is 25.1 Å². The fourth-order valence-electron chi connectivity index (χ4n) is 1.70. The number of hydrogen-bond acceptors (Lipinski definition) is 4. The van der Waals surface area contributed by atoms with Gasteiger partial charge in [-0.05, 0) is 31.5 Å². The summed E-state index contributed by atoms with van der Waals surface area (Å²) < 4.78 is 4.69. The molecule has 0 unspecified atom stereocenters. The van der Waals surface area contributed by atoms with Crippen LogP contribution in [0, 0.1) is 6.92 Å². The molecule has 0 aliphatic heterocycles. The molecule has 18 heavy (non-hydrogen) atoms. The largest absolute Gasteiger partial charge is 0.468 e. The molecule has 5 heteroatoms. The molecule has 0 bridgehead atoms. The first-order chi connectivity index (χ1) is 8.49. The van der Waals surface area contributed by atoms with E-state index in [1.54, 1.807) is 0 Å². The SMILES string of the molecule is CCN(CC(=O)OC)c1cc(C)ccc1C(N)=S. The van der Waals surface area contributed by atoms with Crippen LogP contribution in [-0.4, -0.2) is 31.2 Å². The fraction of sp³-hybridized carbons (Fsp3) is 0.385. The maximum atomic E-state index is 11.4. The molecule has 1 aromatic carbocycles. The maximum absolute atomic E-state index is 11.4. The molecule has 0 heterocycles. The zero-order valence-corrected chi connectivity index (χ0v) is 11.7. The van der Waals surface area contributed by atoms with Crippen molar-refractivity contribution in [3.63, 3.8) is 0 Å². The van der Waals surface area contributed by atoms with Gasteiger partial charge in [0.25, 0.3) is 0 Å². The second-order valence-corrected chi connectivity index (χ2v) is 4.41. The molecule has 0 saturated carbocycles. The van der Waals surface area contributed by atoms with E-state index in [0.717, 1.165) is 16.8 Å². The average molecular weight is 266 g/mol. The number of anilines is 1. The fourth-order valence-corrected chi connectivity index (χ4v) is 1.87. The Labute approximate surface area is 113 Å². The highest BCUT2D eigenvalue weighted by Crippen LogP contribution is 2.22. The molecule has 0 spiro atoms. The van der Waals surface area contributed by atoms with Crippen LogP contribution in [0.1, 0.15) is 18.1 Å². The van der Waals surface area contributed by atoms with Crippen molar-refractivity contribution in [3.05, 3.63) is 29.3 Å². The summed E-state index contributed by atoms with van der Waals surface area (Å²) in [5, 5.41) is 0. The van der Waals surface area contributed by atoms with Crippen LogP contribution in [-0.2, 0) is 9.53 Å². The lowest BCUT2D eigenvalue weighted by Crippen LogP contribution is -2.32. The summed E-state index contributed by atoms with van der Waals surface area (Å²) in [4.78, 5) is 13.6. The van der Waals surface area contributed by atoms with E-state index in [1.165, 1.54) is 7.11 Å². The maximum Gasteiger partial charge on any atom is 0.325 e. The molecule has 1 aromatic rings. The molecular formula is C13H18N2O2S. The summed E-state index contributed by atoms with van der Waals surface area (Å²) in [5.41, 5.74) is 8.45. The number of methoxy groups -OCH3 is 1. The minimum atomic E-state index is -0.285. The first-order valence-electron chi connectivity index (χ1n) is 5.71. The number of aryl methyl sites for hydroxylation is 1. The number of nitrogens with zero attached hydrogens (tertiary/aromatic N) is 1. The minimum Gasteiger partial charge on any atom is -0.468 e. The molecule has 4 nitrogen and oxygen atoms in total. The van der Waals surface area contributed by atoms with Gasteiger partial charge in [0.2, 0.25) is 0 Å². The molecule has 0 aliphatic rings. The zero-order chi connectivity index (χ0) is 13.7. The van der Waals surface area contributed by atoms with Gasteiger partial charge in [-0.15, -0.1) is 0 Å². The number of hydrogen-bond donors (Lipinski definition) is 1. The number of ether oxygens (including phenoxy) is 1. The van der Waals surface area contributed by atoms with Crippen molar-refractivity contribution < 1.29 is 9.53 Å². The third-order valence-corrected chi connectivity index (χ3v) is 2.91. The van der Waals surface area contributed by atoms with Crippen LogP contribution in [0.4, 0.5) is 5.69 Å². The highest BCUT2D eigenvalue weighted by Gasteiger charge is 2.15. The van der Waals surface area contributed by atoms with Crippen molar-refractivity contribution >= 4 is 28.9 Å². The van der Waals surface area contributed by atoms with Crippen molar-refractivity contribution in [2.45, 2.75) is 13.8 Å². The Morgan fingerprint density at radius 1 is 1.50 bits per heavy atom. The highest BCUT2D eigenvalue weighted by molar-refractivity contribution is 7.80. The lowest BCUT2D eigenvalue weighted by molar-refractivity contribution is -0.138. The Hall–Kier alpha value is -1.62. The van der Waals surface area contributed by atoms with E-state index in [2.05, 4.69) is 4.74 Å². The molecule has 0 fully saturated rings. The van der Waals surface area contributed by atoms with Gasteiger partial charge in [0.15, 0.2) is 0 Å². The molecule has 0 atom stereocenters. The molecule has 0 saturated heterocycles. The molecule has 98 valence electrons. The van der Waals surface area contributed by atoms with Crippen LogP contribution in [0.5, 0.6) is 0 Å². The quantitative estimate of drug-likeness (QED) is 0.648. The number of benzene rings is 1. The molecular weight excluding hydrogens is 248 g/mol. The van der Waals surface area contributed by atoms with Crippen LogP contribution in [0.3, 0.4) is 0 Å². The van der Waals surface area contributed by atoms with Crippen molar-refractivity contribution in [3.8, 4) is 0 Å². The number of likely N-dealkylation sites (N-methyl/N-ethyl adjacent to an activating group) is 1. The van der Waals surface area contributed by atoms with E-state index >= 15 is 0 Å². The molecule has 0 amide bonds. The monoisotopic (exact) mass is 266 g/mol. The first-order valence-corrected chi connectivity index (χ1v) is 6.12. The molecule has 1 rings (SSSR count). The predicted molar refractivity (Wildman–Crippen MR) is 77.0 cm³/mol. The summed E-state index contributed by atoms with van der Waals surface area (Å²) in [5.74, 6) is -0.285. The highest BCUT2D eigenvalue weighted by atomic mass is 32.1. The van der Waals surface area contributed by atoms with Crippen molar-refractivity contribution in [1.29, 1.82) is 0 Å². The number of rotatable bonds is 5. The minimum absolute atomic E-state index is 0.187. The summed E-state index contributed by atoms with van der Waals surface area (Å²) in [7, 11) is 1.38. The number of thiocarbonyl (C=S) groups is 1. The van der Waals surface area contributed by atoms with Gasteiger partial charge in [-0.25, -0.2) is 0 Å². The number of esters is 1. The standard InChI is InChI=1S/C13H18N2O2S/c1-4-15(8-12(16)17-3)11-7-9(2)5-6-10(11)13(14)18/h5-7H,4,8H2,1-3H3,(H2,14,18). The van der Waals surface area contributed by atoms with E-state index in [1.807, 2.05) is 36.9 Å². The Balaban J connectivity index is 3.14. The summed E-state index contributed by atoms with van der Waals surface area (Å²) in [6, 6.07) is 5.80. The van der Waals surface area contributed by atoms with Gasteiger partial charge in [0, 0.05) is 17.8 Å². The number of nitrogens with two attached hydrogens (primary N) is 1. The van der Waals surface area contributed by atoms with Gasteiger partial charge >= 0.3 is 5.97 Å². The van der Waals surface area contributed by atoms with E-state index < -0.39 is 0 Å². The first kappa shape index (κ1) is 14.4. The average Bonchev–Trinajstić information content (AvgIpc) is 2.35. The van der Waals surface area contributed by atoms with Crippen molar-refractivity contribution in [2.24, 2.45) is 5.73 Å². The van der Waals surface area contributed by atoms with Crippen LogP contribution in [0.15, 0.2) is 18.2 Å². The van der Waals surface area contributed by atoms with Gasteiger partial charge in [-0.2, -0.15) is 0 Å². The summed E-state index contributed by atoms with van der Waals surface area (Å²) in [6.07, 6.45) is 0. The van der Waals surface area contributed by atoms with Gasteiger partial charge in [0.1, 0.15) is 11.5 Å². The van der Waals surface area contributed by atoms with E-state index in [4.69, 9.17) is 18.0 Å². The third-order valence-electron chi connectivity index (χ3n) is 2.69. The normalized spacial score (nSPS) is 9.94. The number of carbonyl (C=O) groups excluding carboxylic acids is 1. The lowest BCUT2D eigenvalue weighted by atomic mass is 10.1. The van der Waals surface area contributed by atoms with Crippen LogP contribution in [0.25, 0.3) is 0 Å². The second-order valence-electron chi connectivity index (χ2n) is 3.98. The summed E-state index contributed by atoms with van der Waals surface area (Å²) in [6.45, 7) is 4.81. The molecule has 0 aromatic heterocycles. The van der Waals surface area contributed by atoms with Crippen LogP contribution >= 0.6 is 12.2 Å². The Morgan fingerprint density at radius 2 is 2.17 bits per heavy atom. The lowest BCUT2D eigenvalue weighted by Gasteiger charge is -2.24. The van der Waals surface area contributed by atoms with Gasteiger partial charge in [-0.1, -0.05) is 18.3 Å². The molecule has 2 N–H and O–H groups in total. The Kier molecular flexibility index (Phi) is 5.09. The zero-order valence-electron chi connectivity index (χ0n) is 10.9. The van der Waals surface area contributed by atoms with Crippen LogP contribution in [0.2, 0.25) is 0 Å². The van der Waals surface area contributed by atoms with Gasteiger partial charge in [-0.3, -0.25) is 4.79 Å². The molecule has 0 aliphatic carbocycles. The van der Waals surface area contributed by atoms with E-state index in [0.29, 0.717) is 11.5 Å². The van der Waals surface area contributed by atoms with Gasteiger partial charge < -0.3 is 15.4 Å². The Bertz CT molecular complexity index is 460. The van der Waals surface area contributed by atoms with Crippen molar-refractivity contribution in [1.82, 2.24) is 0 Å².